The van der Waals surface area contributed by atoms with Crippen molar-refractivity contribution in [2.45, 2.75) is 66.5 Å². The van der Waals surface area contributed by atoms with Crippen molar-refractivity contribution in [1.29, 1.82) is 0 Å². The molecule has 3 aromatic rings. The average Bonchev–Trinajstić information content (AvgIpc) is 2.89. The second kappa shape index (κ2) is 14.4. The number of nitrogens with zero attached hydrogens (tertiary/aromatic N) is 1. The van der Waals surface area contributed by atoms with Crippen molar-refractivity contribution in [2.75, 3.05) is 6.61 Å². The molecule has 42 heavy (non-hydrogen) atoms. The first kappa shape index (κ1) is 32.7. The first-order chi connectivity index (χ1) is 19.8. The SMILES string of the molecule is CCOC(=O)C[C@H](NC(=O)[C@H](CC(C)C)NC(=O)c1cccc(F)n1)c1cc(-c2c(C)cc(Cl)cc2C)cc(C)c1F. The maximum atomic E-state index is 15.7. The molecule has 2 atom stereocenters. The molecule has 1 aromatic heterocycles. The molecule has 0 fully saturated rings. The Morgan fingerprint density at radius 3 is 2.24 bits per heavy atom. The Kier molecular flexibility index (Phi) is 11.2. The molecule has 2 aromatic carbocycles. The number of rotatable bonds is 11. The van der Waals surface area contributed by atoms with Gasteiger partial charge in [-0.1, -0.05) is 31.5 Å². The minimum absolute atomic E-state index is 0.0248. The predicted molar refractivity (Wildman–Crippen MR) is 158 cm³/mol. The van der Waals surface area contributed by atoms with E-state index in [0.29, 0.717) is 16.1 Å². The molecular formula is C32H36ClF2N3O4. The number of nitrogens with one attached hydrogen (secondary N) is 2. The Hall–Kier alpha value is -3.85. The zero-order valence-electron chi connectivity index (χ0n) is 24.6. The molecule has 7 nitrogen and oxygen atoms in total. The number of aromatic nitrogens is 1. The number of benzene rings is 2. The third-order valence-electron chi connectivity index (χ3n) is 6.71. The minimum Gasteiger partial charge on any atom is -0.466 e. The molecule has 0 unspecified atom stereocenters. The van der Waals surface area contributed by atoms with Crippen molar-refractivity contribution in [2.24, 2.45) is 5.92 Å². The van der Waals surface area contributed by atoms with E-state index < -0.39 is 41.6 Å². The van der Waals surface area contributed by atoms with E-state index in [-0.39, 0.29) is 36.6 Å². The van der Waals surface area contributed by atoms with Crippen LogP contribution < -0.4 is 10.6 Å². The highest BCUT2D eigenvalue weighted by Gasteiger charge is 2.29. The van der Waals surface area contributed by atoms with Gasteiger partial charge in [0.15, 0.2) is 0 Å². The largest absolute Gasteiger partial charge is 0.466 e. The third-order valence-corrected chi connectivity index (χ3v) is 6.93. The van der Waals surface area contributed by atoms with Crippen molar-refractivity contribution >= 4 is 29.4 Å². The van der Waals surface area contributed by atoms with Gasteiger partial charge in [-0.2, -0.15) is 4.39 Å². The number of pyridine rings is 1. The summed E-state index contributed by atoms with van der Waals surface area (Å²) in [5.74, 6) is -3.44. The Balaban J connectivity index is 2.03. The lowest BCUT2D eigenvalue weighted by molar-refractivity contribution is -0.143. The number of hydrogen-bond donors (Lipinski definition) is 2. The highest BCUT2D eigenvalue weighted by Crippen LogP contribution is 2.35. The van der Waals surface area contributed by atoms with Crippen LogP contribution >= 0.6 is 11.6 Å². The number of ether oxygens (including phenoxy) is 1. The number of carbonyl (C=O) groups excluding carboxylic acids is 3. The Bertz CT molecular complexity index is 1460. The fourth-order valence-corrected chi connectivity index (χ4v) is 5.26. The molecule has 0 saturated carbocycles. The molecule has 1 heterocycles. The van der Waals surface area contributed by atoms with Gasteiger partial charge in [-0.15, -0.1) is 0 Å². The predicted octanol–water partition coefficient (Wildman–Crippen LogP) is 6.56. The first-order valence-corrected chi connectivity index (χ1v) is 14.1. The van der Waals surface area contributed by atoms with Crippen molar-refractivity contribution in [3.63, 3.8) is 0 Å². The highest BCUT2D eigenvalue weighted by molar-refractivity contribution is 6.30. The summed E-state index contributed by atoms with van der Waals surface area (Å²) in [5, 5.41) is 5.95. The molecule has 0 saturated heterocycles. The normalized spacial score (nSPS) is 12.5. The molecule has 0 aliphatic rings. The van der Waals surface area contributed by atoms with Crippen LogP contribution in [0.4, 0.5) is 8.78 Å². The number of carbonyl (C=O) groups is 3. The molecule has 3 rings (SSSR count). The number of halogens is 3. The van der Waals surface area contributed by atoms with Crippen LogP contribution in [-0.2, 0) is 14.3 Å². The van der Waals surface area contributed by atoms with Crippen LogP contribution in [0.3, 0.4) is 0 Å². The fraction of sp³-hybridized carbons (Fsp3) is 0.375. The summed E-state index contributed by atoms with van der Waals surface area (Å²) < 4.78 is 34.5. The molecule has 0 aliphatic carbocycles. The highest BCUT2D eigenvalue weighted by atomic mass is 35.5. The molecule has 224 valence electrons. The van der Waals surface area contributed by atoms with E-state index >= 15 is 4.39 Å². The van der Waals surface area contributed by atoms with Gasteiger partial charge in [-0.3, -0.25) is 14.4 Å². The molecular weight excluding hydrogens is 564 g/mol. The summed E-state index contributed by atoms with van der Waals surface area (Å²) in [7, 11) is 0. The van der Waals surface area contributed by atoms with Gasteiger partial charge in [0.2, 0.25) is 11.9 Å². The van der Waals surface area contributed by atoms with Gasteiger partial charge >= 0.3 is 5.97 Å². The topological polar surface area (TPSA) is 97.4 Å². The lowest BCUT2D eigenvalue weighted by atomic mass is 9.90. The second-order valence-corrected chi connectivity index (χ2v) is 11.1. The zero-order chi connectivity index (χ0) is 31.1. The Morgan fingerprint density at radius 2 is 1.64 bits per heavy atom. The summed E-state index contributed by atoms with van der Waals surface area (Å²) in [6.45, 7) is 10.9. The first-order valence-electron chi connectivity index (χ1n) is 13.8. The summed E-state index contributed by atoms with van der Waals surface area (Å²) in [5.41, 5.74) is 3.55. The maximum absolute atomic E-state index is 15.7. The summed E-state index contributed by atoms with van der Waals surface area (Å²) >= 11 is 6.23. The van der Waals surface area contributed by atoms with Gasteiger partial charge in [-0.25, -0.2) is 9.37 Å². The van der Waals surface area contributed by atoms with E-state index in [4.69, 9.17) is 16.3 Å². The van der Waals surface area contributed by atoms with Gasteiger partial charge in [0.05, 0.1) is 19.1 Å². The summed E-state index contributed by atoms with van der Waals surface area (Å²) in [6, 6.07) is 8.54. The smallest absolute Gasteiger partial charge is 0.308 e. The Morgan fingerprint density at radius 1 is 0.976 bits per heavy atom. The Labute approximate surface area is 250 Å². The van der Waals surface area contributed by atoms with Crippen molar-refractivity contribution < 1.29 is 27.9 Å². The van der Waals surface area contributed by atoms with Crippen molar-refractivity contribution in [1.82, 2.24) is 15.6 Å². The van der Waals surface area contributed by atoms with Gasteiger partial charge in [0.25, 0.3) is 5.91 Å². The molecule has 10 heteroatoms. The molecule has 0 radical (unpaired) electrons. The van der Waals surface area contributed by atoms with Crippen molar-refractivity contribution in [3.05, 3.63) is 87.2 Å². The van der Waals surface area contributed by atoms with Crippen LogP contribution in [0.15, 0.2) is 42.5 Å². The third kappa shape index (κ3) is 8.35. The lowest BCUT2D eigenvalue weighted by Gasteiger charge is -2.26. The van der Waals surface area contributed by atoms with E-state index in [9.17, 15) is 18.8 Å². The summed E-state index contributed by atoms with van der Waals surface area (Å²) in [4.78, 5) is 42.7. The van der Waals surface area contributed by atoms with Gasteiger partial charge in [0, 0.05) is 10.6 Å². The number of esters is 1. The van der Waals surface area contributed by atoms with Crippen molar-refractivity contribution in [3.8, 4) is 11.1 Å². The van der Waals surface area contributed by atoms with Gasteiger partial charge in [-0.05, 0) is 104 Å². The molecule has 0 bridgehead atoms. The maximum Gasteiger partial charge on any atom is 0.308 e. The standard InChI is InChI=1S/C32H36ClF2N3O4/c1-7-42-28(39)16-25(23-15-21(12-20(6)30(23)35)29-18(4)13-22(33)14-19(29)5)37-32(41)26(11-17(2)3)38-31(40)24-9-8-10-27(34)36-24/h8-10,12-15,17,25-26H,7,11,16H2,1-6H3,(H,37,41)(H,38,40)/t25-,26-/m0/s1. The number of hydrogen-bond acceptors (Lipinski definition) is 5. The fourth-order valence-electron chi connectivity index (χ4n) is 4.93. The minimum atomic E-state index is -1.11. The molecule has 2 amide bonds. The van der Waals surface area contributed by atoms with E-state index in [1.54, 1.807) is 26.0 Å². The van der Waals surface area contributed by atoms with Gasteiger partial charge in [0.1, 0.15) is 17.6 Å². The van der Waals surface area contributed by atoms with Crippen LogP contribution in [0, 0.1) is 38.5 Å². The van der Waals surface area contributed by atoms with E-state index in [2.05, 4.69) is 15.6 Å². The quantitative estimate of drug-likeness (QED) is 0.192. The molecule has 0 aliphatic heterocycles. The number of amides is 2. The zero-order valence-corrected chi connectivity index (χ0v) is 25.4. The second-order valence-electron chi connectivity index (χ2n) is 10.7. The van der Waals surface area contributed by atoms with Crippen LogP contribution in [0.25, 0.3) is 11.1 Å². The van der Waals surface area contributed by atoms with Crippen LogP contribution in [-0.4, -0.2) is 35.4 Å². The molecule has 2 N–H and O–H groups in total. The van der Waals surface area contributed by atoms with E-state index in [1.807, 2.05) is 39.8 Å². The van der Waals surface area contributed by atoms with Gasteiger partial charge < -0.3 is 15.4 Å². The van der Waals surface area contributed by atoms with Crippen LogP contribution in [0.2, 0.25) is 5.02 Å². The summed E-state index contributed by atoms with van der Waals surface area (Å²) in [6.07, 6.45) is -0.116. The number of aryl methyl sites for hydroxylation is 3. The van der Waals surface area contributed by atoms with Crippen LogP contribution in [0.5, 0.6) is 0 Å². The van der Waals surface area contributed by atoms with E-state index in [1.165, 1.54) is 12.1 Å². The average molecular weight is 600 g/mol. The van der Waals surface area contributed by atoms with Crippen LogP contribution in [0.1, 0.15) is 72.4 Å². The molecule has 0 spiro atoms. The van der Waals surface area contributed by atoms with E-state index in [0.717, 1.165) is 22.8 Å². The lowest BCUT2D eigenvalue weighted by Crippen LogP contribution is -2.48. The monoisotopic (exact) mass is 599 g/mol.